The van der Waals surface area contributed by atoms with Gasteiger partial charge in [0.25, 0.3) is 0 Å². The molecule has 1 aromatic heterocycles. The molecule has 0 amide bonds. The van der Waals surface area contributed by atoms with Crippen LogP contribution in [0.1, 0.15) is 23.8 Å². The van der Waals surface area contributed by atoms with Gasteiger partial charge in [0.05, 0.1) is 12.5 Å². The second-order valence-corrected chi connectivity index (χ2v) is 2.34. The van der Waals surface area contributed by atoms with Crippen molar-refractivity contribution in [3.63, 3.8) is 0 Å². The molecule has 0 fully saturated rings. The van der Waals surface area contributed by atoms with E-state index in [1.165, 1.54) is 6.21 Å². The Labute approximate surface area is 66.0 Å². The Morgan fingerprint density at radius 1 is 1.55 bits per heavy atom. The maximum absolute atomic E-state index is 7.02. The summed E-state index contributed by atoms with van der Waals surface area (Å²) in [7, 11) is 0. The van der Waals surface area contributed by atoms with Crippen LogP contribution in [-0.2, 0) is 0 Å². The second-order valence-electron chi connectivity index (χ2n) is 2.34. The zero-order chi connectivity index (χ0) is 8.27. The lowest BCUT2D eigenvalue weighted by Gasteiger charge is -1.88. The zero-order valence-corrected chi connectivity index (χ0v) is 6.72. The molecule has 0 unspecified atom stereocenters. The van der Waals surface area contributed by atoms with E-state index >= 15 is 0 Å². The van der Waals surface area contributed by atoms with E-state index in [9.17, 15) is 0 Å². The van der Waals surface area contributed by atoms with Crippen molar-refractivity contribution in [3.05, 3.63) is 29.2 Å². The lowest BCUT2D eigenvalue weighted by atomic mass is 10.1. The standard InChI is InChI=1S/C9H11NO/c1-3-4-8-7(2)6-11-9(8)5-10/h3-6,10H,1-2H3/b4-3-,10-5?. The van der Waals surface area contributed by atoms with Crippen LogP contribution in [0.5, 0.6) is 0 Å². The van der Waals surface area contributed by atoms with Crippen LogP contribution in [0, 0.1) is 12.3 Å². The van der Waals surface area contributed by atoms with Gasteiger partial charge in [-0.3, -0.25) is 0 Å². The molecule has 1 rings (SSSR count). The molecule has 0 spiro atoms. The maximum Gasteiger partial charge on any atom is 0.151 e. The molecule has 0 atom stereocenters. The molecule has 2 nitrogen and oxygen atoms in total. The summed E-state index contributed by atoms with van der Waals surface area (Å²) in [5.74, 6) is 0.626. The van der Waals surface area contributed by atoms with Crippen LogP contribution < -0.4 is 0 Å². The minimum atomic E-state index is 0.626. The highest BCUT2D eigenvalue weighted by atomic mass is 16.3. The molecule has 1 aromatic rings. The smallest absolute Gasteiger partial charge is 0.151 e. The van der Waals surface area contributed by atoms with Gasteiger partial charge in [0, 0.05) is 5.56 Å². The Hall–Kier alpha value is -1.31. The third-order valence-corrected chi connectivity index (χ3v) is 1.52. The van der Waals surface area contributed by atoms with E-state index in [0.717, 1.165) is 11.1 Å². The maximum atomic E-state index is 7.02. The van der Waals surface area contributed by atoms with Gasteiger partial charge in [-0.2, -0.15) is 0 Å². The molecule has 11 heavy (non-hydrogen) atoms. The number of rotatable bonds is 2. The summed E-state index contributed by atoms with van der Waals surface area (Å²) >= 11 is 0. The van der Waals surface area contributed by atoms with Gasteiger partial charge >= 0.3 is 0 Å². The summed E-state index contributed by atoms with van der Waals surface area (Å²) < 4.78 is 5.10. The van der Waals surface area contributed by atoms with Gasteiger partial charge in [-0.05, 0) is 19.4 Å². The zero-order valence-electron chi connectivity index (χ0n) is 6.72. The van der Waals surface area contributed by atoms with Crippen molar-refractivity contribution in [2.24, 2.45) is 0 Å². The van der Waals surface area contributed by atoms with E-state index in [0.29, 0.717) is 5.76 Å². The van der Waals surface area contributed by atoms with Gasteiger partial charge < -0.3 is 9.83 Å². The number of hydrogen-bond donors (Lipinski definition) is 1. The van der Waals surface area contributed by atoms with E-state index in [-0.39, 0.29) is 0 Å². The average Bonchev–Trinajstić information content (AvgIpc) is 2.34. The highest BCUT2D eigenvalue weighted by Gasteiger charge is 2.03. The topological polar surface area (TPSA) is 37.0 Å². The lowest BCUT2D eigenvalue weighted by molar-refractivity contribution is 0.557. The summed E-state index contributed by atoms with van der Waals surface area (Å²) in [6.45, 7) is 3.91. The first-order valence-electron chi connectivity index (χ1n) is 3.51. The third kappa shape index (κ3) is 1.40. The van der Waals surface area contributed by atoms with Gasteiger partial charge in [-0.15, -0.1) is 0 Å². The first kappa shape index (κ1) is 7.79. The molecule has 0 bridgehead atoms. The summed E-state index contributed by atoms with van der Waals surface area (Å²) in [4.78, 5) is 0. The lowest BCUT2D eigenvalue weighted by Crippen LogP contribution is -1.79. The number of nitrogens with one attached hydrogen (secondary N) is 1. The van der Waals surface area contributed by atoms with Crippen LogP contribution in [0.2, 0.25) is 0 Å². The van der Waals surface area contributed by atoms with Crippen molar-refractivity contribution in [1.29, 1.82) is 5.41 Å². The molecule has 0 saturated heterocycles. The van der Waals surface area contributed by atoms with Gasteiger partial charge in [-0.25, -0.2) is 0 Å². The Balaban J connectivity index is 3.17. The molecule has 0 aliphatic heterocycles. The first-order chi connectivity index (χ1) is 5.29. The predicted molar refractivity (Wildman–Crippen MR) is 46.0 cm³/mol. The fourth-order valence-corrected chi connectivity index (χ4v) is 0.965. The van der Waals surface area contributed by atoms with E-state index in [4.69, 9.17) is 9.83 Å². The summed E-state index contributed by atoms with van der Waals surface area (Å²) in [6, 6.07) is 0. The second kappa shape index (κ2) is 3.19. The Morgan fingerprint density at radius 2 is 2.27 bits per heavy atom. The van der Waals surface area contributed by atoms with Crippen LogP contribution in [0.4, 0.5) is 0 Å². The van der Waals surface area contributed by atoms with Crippen LogP contribution in [0.15, 0.2) is 16.8 Å². The third-order valence-electron chi connectivity index (χ3n) is 1.52. The Kier molecular flexibility index (Phi) is 2.26. The van der Waals surface area contributed by atoms with Crippen molar-refractivity contribution >= 4 is 12.3 Å². The molecule has 0 aliphatic carbocycles. The van der Waals surface area contributed by atoms with E-state index in [1.54, 1.807) is 6.26 Å². The molecule has 0 aromatic carbocycles. The predicted octanol–water partition coefficient (Wildman–Crippen LogP) is 2.62. The van der Waals surface area contributed by atoms with Crippen molar-refractivity contribution in [3.8, 4) is 0 Å². The van der Waals surface area contributed by atoms with Crippen LogP contribution in [0.25, 0.3) is 6.08 Å². The van der Waals surface area contributed by atoms with Crippen LogP contribution in [-0.4, -0.2) is 6.21 Å². The van der Waals surface area contributed by atoms with E-state index in [2.05, 4.69) is 0 Å². The molecule has 58 valence electrons. The van der Waals surface area contributed by atoms with Crippen LogP contribution >= 0.6 is 0 Å². The van der Waals surface area contributed by atoms with Gasteiger partial charge in [0.15, 0.2) is 5.76 Å². The minimum Gasteiger partial charge on any atom is -0.462 e. The molecule has 0 saturated carbocycles. The molecule has 2 heteroatoms. The quantitative estimate of drug-likeness (QED) is 0.645. The fraction of sp³-hybridized carbons (Fsp3) is 0.222. The SMILES string of the molecule is C/C=C\c1c(C)coc1C=N. The number of allylic oxidation sites excluding steroid dienone is 1. The van der Waals surface area contributed by atoms with Gasteiger partial charge in [-0.1, -0.05) is 12.2 Å². The molecule has 0 radical (unpaired) electrons. The number of furan rings is 1. The summed E-state index contributed by atoms with van der Waals surface area (Å²) in [5.41, 5.74) is 2.07. The summed E-state index contributed by atoms with van der Waals surface area (Å²) in [6.07, 6.45) is 6.77. The largest absolute Gasteiger partial charge is 0.462 e. The van der Waals surface area contributed by atoms with Crippen molar-refractivity contribution < 1.29 is 4.42 Å². The van der Waals surface area contributed by atoms with Crippen molar-refractivity contribution in [1.82, 2.24) is 0 Å². The Morgan fingerprint density at radius 3 is 2.82 bits per heavy atom. The molecule has 1 heterocycles. The molecule has 0 aliphatic rings. The monoisotopic (exact) mass is 149 g/mol. The molecule has 1 N–H and O–H groups in total. The van der Waals surface area contributed by atoms with E-state index in [1.807, 2.05) is 26.0 Å². The first-order valence-corrected chi connectivity index (χ1v) is 3.51. The highest BCUT2D eigenvalue weighted by Crippen LogP contribution is 2.15. The molecular formula is C9H11NO. The minimum absolute atomic E-state index is 0.626. The van der Waals surface area contributed by atoms with Crippen LogP contribution in [0.3, 0.4) is 0 Å². The number of hydrogen-bond acceptors (Lipinski definition) is 2. The van der Waals surface area contributed by atoms with Gasteiger partial charge in [0.2, 0.25) is 0 Å². The number of aryl methyl sites for hydroxylation is 1. The normalized spacial score (nSPS) is 10.7. The Bertz CT molecular complexity index is 284. The highest BCUT2D eigenvalue weighted by molar-refractivity contribution is 5.80. The van der Waals surface area contributed by atoms with Gasteiger partial charge in [0.1, 0.15) is 0 Å². The van der Waals surface area contributed by atoms with Crippen molar-refractivity contribution in [2.45, 2.75) is 13.8 Å². The van der Waals surface area contributed by atoms with E-state index < -0.39 is 0 Å². The molecular weight excluding hydrogens is 138 g/mol. The summed E-state index contributed by atoms with van der Waals surface area (Å²) in [5, 5.41) is 7.02. The average molecular weight is 149 g/mol. The fourth-order valence-electron chi connectivity index (χ4n) is 0.965. The van der Waals surface area contributed by atoms with Crippen molar-refractivity contribution in [2.75, 3.05) is 0 Å².